The zero-order valence-electron chi connectivity index (χ0n) is 20.0. The highest BCUT2D eigenvalue weighted by atomic mass is 16.7. The number of carbonyl (C=O) groups is 3. The number of nitrogens with zero attached hydrogens (tertiary/aromatic N) is 1. The lowest BCUT2D eigenvalue weighted by atomic mass is 9.91. The van der Waals surface area contributed by atoms with Crippen molar-refractivity contribution in [2.45, 2.75) is 32.7 Å². The second-order valence-electron chi connectivity index (χ2n) is 8.26. The molecule has 4 amide bonds. The lowest BCUT2D eigenvalue weighted by Crippen LogP contribution is -2.43. The highest BCUT2D eigenvalue weighted by Gasteiger charge is 2.49. The lowest BCUT2D eigenvalue weighted by Gasteiger charge is -2.22. The number of amides is 4. The fourth-order valence-corrected chi connectivity index (χ4v) is 4.04. The van der Waals surface area contributed by atoms with Crippen LogP contribution in [0, 0.1) is 0 Å². The molecule has 0 saturated carbocycles. The SMILES string of the molecule is CCOc1ccc(CCNC(=O)CN2C(=O)N[C@](C)(c3ccc4c(c3)OCO4)C2=O)cc1OCC. The minimum absolute atomic E-state index is 0.103. The molecular weight excluding hydrogens is 454 g/mol. The van der Waals surface area contributed by atoms with Gasteiger partial charge in [-0.1, -0.05) is 12.1 Å². The molecule has 0 aliphatic carbocycles. The Morgan fingerprint density at radius 1 is 1.06 bits per heavy atom. The van der Waals surface area contributed by atoms with E-state index >= 15 is 0 Å². The summed E-state index contributed by atoms with van der Waals surface area (Å²) in [6.07, 6.45) is 0.549. The highest BCUT2D eigenvalue weighted by molar-refractivity contribution is 6.09. The van der Waals surface area contributed by atoms with Gasteiger partial charge in [0.25, 0.3) is 5.91 Å². The summed E-state index contributed by atoms with van der Waals surface area (Å²) in [7, 11) is 0. The minimum Gasteiger partial charge on any atom is -0.490 e. The van der Waals surface area contributed by atoms with E-state index in [0.29, 0.717) is 54.7 Å². The molecule has 0 unspecified atom stereocenters. The summed E-state index contributed by atoms with van der Waals surface area (Å²) in [6.45, 7) is 6.51. The molecule has 0 bridgehead atoms. The first-order valence-electron chi connectivity index (χ1n) is 11.5. The van der Waals surface area contributed by atoms with E-state index in [-0.39, 0.29) is 13.3 Å². The van der Waals surface area contributed by atoms with Crippen molar-refractivity contribution in [2.75, 3.05) is 33.1 Å². The van der Waals surface area contributed by atoms with Gasteiger partial charge in [0, 0.05) is 6.54 Å². The van der Waals surface area contributed by atoms with Crippen molar-refractivity contribution in [1.29, 1.82) is 0 Å². The highest BCUT2D eigenvalue weighted by Crippen LogP contribution is 2.37. The molecule has 0 spiro atoms. The van der Waals surface area contributed by atoms with E-state index in [1.54, 1.807) is 25.1 Å². The van der Waals surface area contributed by atoms with Gasteiger partial charge in [0.15, 0.2) is 23.0 Å². The molecule has 2 aliphatic heterocycles. The number of carbonyl (C=O) groups excluding carboxylic acids is 3. The second kappa shape index (κ2) is 10.1. The van der Waals surface area contributed by atoms with E-state index in [9.17, 15) is 14.4 Å². The van der Waals surface area contributed by atoms with Gasteiger partial charge >= 0.3 is 6.03 Å². The number of benzene rings is 2. The Morgan fingerprint density at radius 3 is 2.57 bits per heavy atom. The molecular formula is C25H29N3O7. The first-order chi connectivity index (χ1) is 16.9. The summed E-state index contributed by atoms with van der Waals surface area (Å²) >= 11 is 0. The molecule has 2 aromatic carbocycles. The van der Waals surface area contributed by atoms with Crippen LogP contribution in [-0.2, 0) is 21.5 Å². The van der Waals surface area contributed by atoms with Crippen LogP contribution in [0.2, 0.25) is 0 Å². The summed E-state index contributed by atoms with van der Waals surface area (Å²) < 4.78 is 21.9. The second-order valence-corrected chi connectivity index (χ2v) is 8.26. The number of fused-ring (bicyclic) bond motifs is 1. The molecule has 1 saturated heterocycles. The van der Waals surface area contributed by atoms with E-state index in [1.165, 1.54) is 0 Å². The number of nitrogens with one attached hydrogen (secondary N) is 2. The van der Waals surface area contributed by atoms with Gasteiger partial charge in [-0.3, -0.25) is 14.5 Å². The van der Waals surface area contributed by atoms with Crippen molar-refractivity contribution in [3.63, 3.8) is 0 Å². The van der Waals surface area contributed by atoms with Gasteiger partial charge < -0.3 is 29.6 Å². The van der Waals surface area contributed by atoms with Crippen molar-refractivity contribution >= 4 is 17.8 Å². The molecule has 2 heterocycles. The predicted molar refractivity (Wildman–Crippen MR) is 126 cm³/mol. The van der Waals surface area contributed by atoms with Crippen molar-refractivity contribution < 1.29 is 33.3 Å². The monoisotopic (exact) mass is 483 g/mol. The van der Waals surface area contributed by atoms with Crippen LogP contribution in [-0.4, -0.2) is 55.8 Å². The normalized spacial score (nSPS) is 18.4. The van der Waals surface area contributed by atoms with Crippen LogP contribution in [0.1, 0.15) is 31.9 Å². The number of hydrogen-bond acceptors (Lipinski definition) is 7. The van der Waals surface area contributed by atoms with E-state index in [1.807, 2.05) is 32.0 Å². The Kier molecular flexibility index (Phi) is 6.99. The molecule has 35 heavy (non-hydrogen) atoms. The molecule has 4 rings (SSSR count). The van der Waals surface area contributed by atoms with Gasteiger partial charge in [0.1, 0.15) is 12.1 Å². The average Bonchev–Trinajstić information content (AvgIpc) is 3.39. The molecule has 2 aromatic rings. The van der Waals surface area contributed by atoms with E-state index in [0.717, 1.165) is 10.5 Å². The maximum atomic E-state index is 13.1. The zero-order chi connectivity index (χ0) is 25.0. The van der Waals surface area contributed by atoms with Crippen LogP contribution in [0.4, 0.5) is 4.79 Å². The zero-order valence-corrected chi connectivity index (χ0v) is 20.0. The Balaban J connectivity index is 1.34. The van der Waals surface area contributed by atoms with Gasteiger partial charge in [0.05, 0.1) is 13.2 Å². The first kappa shape index (κ1) is 24.2. The summed E-state index contributed by atoms with van der Waals surface area (Å²) in [5.41, 5.74) is 0.197. The fourth-order valence-electron chi connectivity index (χ4n) is 4.04. The number of hydrogen-bond donors (Lipinski definition) is 2. The number of ether oxygens (including phenoxy) is 4. The molecule has 10 heteroatoms. The number of rotatable bonds is 10. The standard InChI is InChI=1S/C25H29N3O7/c1-4-32-18-8-6-16(12-20(18)33-5-2)10-11-26-22(29)14-28-23(30)25(3,27-24(28)31)17-7-9-19-21(13-17)35-15-34-19/h6-9,12-13H,4-5,10-11,14-15H2,1-3H3,(H,26,29)(H,27,31)/t25-/m1/s1. The average molecular weight is 484 g/mol. The maximum Gasteiger partial charge on any atom is 0.325 e. The van der Waals surface area contributed by atoms with Crippen molar-refractivity contribution in [2.24, 2.45) is 0 Å². The number of urea groups is 1. The van der Waals surface area contributed by atoms with Crippen molar-refractivity contribution in [3.05, 3.63) is 47.5 Å². The smallest absolute Gasteiger partial charge is 0.325 e. The summed E-state index contributed by atoms with van der Waals surface area (Å²) in [6, 6.07) is 10.1. The molecule has 2 aliphatic rings. The molecule has 10 nitrogen and oxygen atoms in total. The van der Waals surface area contributed by atoms with Crippen molar-refractivity contribution in [3.8, 4) is 23.0 Å². The van der Waals surface area contributed by atoms with Crippen LogP contribution in [0.25, 0.3) is 0 Å². The van der Waals surface area contributed by atoms with E-state index in [4.69, 9.17) is 18.9 Å². The van der Waals surface area contributed by atoms with Gasteiger partial charge in [0.2, 0.25) is 12.7 Å². The van der Waals surface area contributed by atoms with Gasteiger partial charge in [-0.05, 0) is 62.6 Å². The van der Waals surface area contributed by atoms with E-state index < -0.39 is 23.4 Å². The molecule has 0 radical (unpaired) electrons. The van der Waals surface area contributed by atoms with Gasteiger partial charge in [-0.2, -0.15) is 0 Å². The third-order valence-electron chi connectivity index (χ3n) is 5.87. The molecule has 0 aromatic heterocycles. The fraction of sp³-hybridized carbons (Fsp3) is 0.400. The van der Waals surface area contributed by atoms with Crippen molar-refractivity contribution in [1.82, 2.24) is 15.5 Å². The molecule has 1 fully saturated rings. The Hall–Kier alpha value is -3.95. The van der Waals surface area contributed by atoms with Gasteiger partial charge in [-0.15, -0.1) is 0 Å². The Labute approximate surface area is 203 Å². The van der Waals surface area contributed by atoms with Crippen LogP contribution in [0.15, 0.2) is 36.4 Å². The van der Waals surface area contributed by atoms with Crippen LogP contribution in [0.3, 0.4) is 0 Å². The minimum atomic E-state index is -1.31. The number of imide groups is 1. The topological polar surface area (TPSA) is 115 Å². The predicted octanol–water partition coefficient (Wildman–Crippen LogP) is 2.34. The Morgan fingerprint density at radius 2 is 1.80 bits per heavy atom. The summed E-state index contributed by atoms with van der Waals surface area (Å²) in [5.74, 6) is 1.46. The summed E-state index contributed by atoms with van der Waals surface area (Å²) in [5, 5.41) is 5.46. The largest absolute Gasteiger partial charge is 0.490 e. The third-order valence-corrected chi connectivity index (χ3v) is 5.87. The molecule has 186 valence electrons. The van der Waals surface area contributed by atoms with Crippen LogP contribution < -0.4 is 29.6 Å². The van der Waals surface area contributed by atoms with E-state index in [2.05, 4.69) is 10.6 Å². The lowest BCUT2D eigenvalue weighted by molar-refractivity contribution is -0.134. The Bertz CT molecular complexity index is 1140. The molecule has 1 atom stereocenters. The van der Waals surface area contributed by atoms with Gasteiger partial charge in [-0.25, -0.2) is 4.79 Å². The third kappa shape index (κ3) is 4.96. The van der Waals surface area contributed by atoms with Crippen LogP contribution >= 0.6 is 0 Å². The first-order valence-corrected chi connectivity index (χ1v) is 11.5. The van der Waals surface area contributed by atoms with Crippen LogP contribution in [0.5, 0.6) is 23.0 Å². The maximum absolute atomic E-state index is 13.1. The quantitative estimate of drug-likeness (QED) is 0.499. The molecule has 2 N–H and O–H groups in total. The summed E-state index contributed by atoms with van der Waals surface area (Å²) in [4.78, 5) is 39.1.